The van der Waals surface area contributed by atoms with Crippen LogP contribution in [0.1, 0.15) is 43.5 Å². The number of nitrogens with one attached hydrogen (secondary N) is 1. The fraction of sp³-hybridized carbons (Fsp3) is 0.688. The molecule has 2 fully saturated rings. The van der Waals surface area contributed by atoms with Gasteiger partial charge in [0.1, 0.15) is 0 Å². The number of carboxylic acids is 1. The highest BCUT2D eigenvalue weighted by atomic mass is 16.4. The number of carbonyl (C=O) groups excluding carboxylic acids is 1. The van der Waals surface area contributed by atoms with Crippen LogP contribution in [0.15, 0.2) is 6.20 Å². The summed E-state index contributed by atoms with van der Waals surface area (Å²) < 4.78 is 1.73. The van der Waals surface area contributed by atoms with E-state index < -0.39 is 11.4 Å². The number of carboxylic acid groups (broad SMARTS) is 1. The molecule has 2 aliphatic rings. The van der Waals surface area contributed by atoms with Gasteiger partial charge < -0.3 is 15.3 Å². The van der Waals surface area contributed by atoms with Crippen LogP contribution in [0.3, 0.4) is 0 Å². The number of aryl methyl sites for hydroxylation is 2. The molecule has 0 aromatic carbocycles. The molecule has 0 spiro atoms. The van der Waals surface area contributed by atoms with Crippen LogP contribution in [-0.2, 0) is 11.8 Å². The molecule has 2 heterocycles. The fourth-order valence-corrected chi connectivity index (χ4v) is 4.19. The van der Waals surface area contributed by atoms with Crippen molar-refractivity contribution >= 4 is 12.0 Å². The fourth-order valence-electron chi connectivity index (χ4n) is 4.19. The standard InChI is InChI=1S/C16H24N4O3/c1-10(13-8-19(3)18-11(13)2)17-15(23)20-7-12-5-4-6-16(12,9-20)14(21)22/h8,10,12H,4-7,9H2,1-3H3,(H,17,23)(H,21,22)/t10?,12-,16+/m0/s1. The Morgan fingerprint density at radius 3 is 2.83 bits per heavy atom. The van der Waals surface area contributed by atoms with E-state index in [1.807, 2.05) is 27.1 Å². The maximum absolute atomic E-state index is 12.5. The average Bonchev–Trinajstić information content (AvgIpc) is 3.10. The summed E-state index contributed by atoms with van der Waals surface area (Å²) in [6.45, 7) is 4.69. The number of rotatable bonds is 3. The van der Waals surface area contributed by atoms with E-state index in [0.717, 1.165) is 24.1 Å². The third-order valence-corrected chi connectivity index (χ3v) is 5.44. The van der Waals surface area contributed by atoms with E-state index in [1.165, 1.54) is 0 Å². The minimum atomic E-state index is -0.758. The Bertz CT molecular complexity index is 641. The number of fused-ring (bicyclic) bond motifs is 1. The van der Waals surface area contributed by atoms with Gasteiger partial charge >= 0.3 is 12.0 Å². The molecule has 23 heavy (non-hydrogen) atoms. The van der Waals surface area contributed by atoms with E-state index >= 15 is 0 Å². The summed E-state index contributed by atoms with van der Waals surface area (Å²) in [6.07, 6.45) is 4.41. The van der Waals surface area contributed by atoms with E-state index in [-0.39, 0.29) is 18.0 Å². The van der Waals surface area contributed by atoms with Crippen molar-refractivity contribution in [2.75, 3.05) is 13.1 Å². The van der Waals surface area contributed by atoms with Gasteiger partial charge in [-0.2, -0.15) is 5.10 Å². The first-order valence-corrected chi connectivity index (χ1v) is 8.12. The Hall–Kier alpha value is -2.05. The Morgan fingerprint density at radius 1 is 1.52 bits per heavy atom. The van der Waals surface area contributed by atoms with Crippen LogP contribution in [0, 0.1) is 18.3 Å². The summed E-state index contributed by atoms with van der Waals surface area (Å²) in [5.41, 5.74) is 1.14. The zero-order chi connectivity index (χ0) is 16.8. The van der Waals surface area contributed by atoms with E-state index in [0.29, 0.717) is 19.5 Å². The third kappa shape index (κ3) is 2.58. The molecular weight excluding hydrogens is 296 g/mol. The molecule has 1 saturated heterocycles. The van der Waals surface area contributed by atoms with Gasteiger partial charge in [-0.3, -0.25) is 9.48 Å². The summed E-state index contributed by atoms with van der Waals surface area (Å²) in [6, 6.07) is -0.340. The topological polar surface area (TPSA) is 87.5 Å². The SMILES string of the molecule is Cc1nn(C)cc1C(C)NC(=O)N1C[C@@H]2CCC[C@@]2(C(=O)O)C1. The Morgan fingerprint density at radius 2 is 2.26 bits per heavy atom. The summed E-state index contributed by atoms with van der Waals surface area (Å²) >= 11 is 0. The second-order valence-electron chi connectivity index (χ2n) is 6.95. The lowest BCUT2D eigenvalue weighted by Crippen LogP contribution is -2.42. The van der Waals surface area contributed by atoms with Crippen molar-refractivity contribution in [3.05, 3.63) is 17.5 Å². The van der Waals surface area contributed by atoms with Gasteiger partial charge in [-0.1, -0.05) is 6.42 Å². The van der Waals surface area contributed by atoms with Crippen LogP contribution in [0.5, 0.6) is 0 Å². The van der Waals surface area contributed by atoms with Crippen molar-refractivity contribution < 1.29 is 14.7 Å². The molecule has 2 amide bonds. The van der Waals surface area contributed by atoms with Gasteiger partial charge in [0.2, 0.25) is 0 Å². The number of hydrogen-bond donors (Lipinski definition) is 2. The summed E-state index contributed by atoms with van der Waals surface area (Å²) in [7, 11) is 1.85. The van der Waals surface area contributed by atoms with E-state index in [9.17, 15) is 14.7 Å². The van der Waals surface area contributed by atoms with Gasteiger partial charge in [0.15, 0.2) is 0 Å². The van der Waals surface area contributed by atoms with Gasteiger partial charge in [0.25, 0.3) is 0 Å². The predicted octanol–water partition coefficient (Wildman–Crippen LogP) is 1.69. The zero-order valence-electron chi connectivity index (χ0n) is 13.9. The first-order chi connectivity index (χ1) is 10.8. The number of urea groups is 1. The minimum absolute atomic E-state index is 0.0844. The maximum Gasteiger partial charge on any atom is 0.317 e. The summed E-state index contributed by atoms with van der Waals surface area (Å²) in [5, 5.41) is 16.9. The van der Waals surface area contributed by atoms with Crippen molar-refractivity contribution in [1.29, 1.82) is 0 Å². The number of carbonyl (C=O) groups is 2. The monoisotopic (exact) mass is 320 g/mol. The molecule has 1 aromatic rings. The Kier molecular flexibility index (Phi) is 3.82. The van der Waals surface area contributed by atoms with Crippen LogP contribution < -0.4 is 5.32 Å². The zero-order valence-corrected chi connectivity index (χ0v) is 13.9. The maximum atomic E-state index is 12.5. The first-order valence-electron chi connectivity index (χ1n) is 8.12. The molecular formula is C16H24N4O3. The quantitative estimate of drug-likeness (QED) is 0.887. The lowest BCUT2D eigenvalue weighted by atomic mass is 9.81. The summed E-state index contributed by atoms with van der Waals surface area (Å²) in [4.78, 5) is 25.9. The second kappa shape index (κ2) is 5.54. The third-order valence-electron chi connectivity index (χ3n) is 5.44. The normalized spacial score (nSPS) is 27.8. The smallest absolute Gasteiger partial charge is 0.317 e. The number of hydrogen-bond acceptors (Lipinski definition) is 3. The molecule has 126 valence electrons. The highest BCUT2D eigenvalue weighted by molar-refractivity contribution is 5.80. The molecule has 1 aliphatic heterocycles. The molecule has 1 aliphatic carbocycles. The molecule has 1 unspecified atom stereocenters. The summed E-state index contributed by atoms with van der Waals surface area (Å²) in [5.74, 6) is -0.673. The van der Waals surface area contributed by atoms with Gasteiger partial charge in [0.05, 0.1) is 17.2 Å². The molecule has 1 saturated carbocycles. The minimum Gasteiger partial charge on any atom is -0.481 e. The van der Waals surface area contributed by atoms with Gasteiger partial charge in [-0.25, -0.2) is 4.79 Å². The Labute approximate surface area is 135 Å². The van der Waals surface area contributed by atoms with Gasteiger partial charge in [-0.05, 0) is 32.6 Å². The lowest BCUT2D eigenvalue weighted by Gasteiger charge is -2.24. The van der Waals surface area contributed by atoms with Crippen LogP contribution in [0.2, 0.25) is 0 Å². The highest BCUT2D eigenvalue weighted by Crippen LogP contribution is 2.48. The molecule has 3 rings (SSSR count). The molecule has 3 atom stereocenters. The first kappa shape index (κ1) is 15.8. The van der Waals surface area contributed by atoms with Crippen LogP contribution in [0.4, 0.5) is 4.79 Å². The van der Waals surface area contributed by atoms with Crippen molar-refractivity contribution in [2.45, 2.75) is 39.2 Å². The second-order valence-corrected chi connectivity index (χ2v) is 6.95. The number of aliphatic carboxylic acids is 1. The van der Waals surface area contributed by atoms with E-state index in [2.05, 4.69) is 10.4 Å². The van der Waals surface area contributed by atoms with Crippen LogP contribution in [0.25, 0.3) is 0 Å². The van der Waals surface area contributed by atoms with Crippen molar-refractivity contribution in [3.63, 3.8) is 0 Å². The predicted molar refractivity (Wildman–Crippen MR) is 83.9 cm³/mol. The largest absolute Gasteiger partial charge is 0.481 e. The molecule has 0 bridgehead atoms. The van der Waals surface area contributed by atoms with Crippen LogP contribution >= 0.6 is 0 Å². The van der Waals surface area contributed by atoms with E-state index in [4.69, 9.17) is 0 Å². The van der Waals surface area contributed by atoms with Crippen molar-refractivity contribution in [2.24, 2.45) is 18.4 Å². The number of aromatic nitrogens is 2. The van der Waals surface area contributed by atoms with Crippen LogP contribution in [-0.4, -0.2) is 44.9 Å². The van der Waals surface area contributed by atoms with E-state index in [1.54, 1.807) is 9.58 Å². The lowest BCUT2D eigenvalue weighted by molar-refractivity contribution is -0.149. The van der Waals surface area contributed by atoms with Gasteiger partial charge in [-0.15, -0.1) is 0 Å². The average molecular weight is 320 g/mol. The number of amides is 2. The van der Waals surface area contributed by atoms with Crippen molar-refractivity contribution in [1.82, 2.24) is 20.0 Å². The molecule has 1 aromatic heterocycles. The Balaban J connectivity index is 1.68. The highest BCUT2D eigenvalue weighted by Gasteiger charge is 2.55. The molecule has 0 radical (unpaired) electrons. The number of likely N-dealkylation sites (tertiary alicyclic amines) is 1. The number of nitrogens with zero attached hydrogens (tertiary/aromatic N) is 3. The molecule has 2 N–H and O–H groups in total. The van der Waals surface area contributed by atoms with Crippen molar-refractivity contribution in [3.8, 4) is 0 Å². The molecule has 7 nitrogen and oxygen atoms in total. The molecule has 7 heteroatoms. The van der Waals surface area contributed by atoms with Gasteiger partial charge in [0, 0.05) is 31.9 Å².